The van der Waals surface area contributed by atoms with Crippen molar-refractivity contribution in [2.24, 2.45) is 0 Å². The van der Waals surface area contributed by atoms with Gasteiger partial charge in [0.15, 0.2) is 0 Å². The van der Waals surface area contributed by atoms with E-state index in [-0.39, 0.29) is 17.9 Å². The second-order valence-corrected chi connectivity index (χ2v) is 5.52. The summed E-state index contributed by atoms with van der Waals surface area (Å²) < 4.78 is 13.0. The molecule has 0 heterocycles. The van der Waals surface area contributed by atoms with E-state index < -0.39 is 0 Å². The van der Waals surface area contributed by atoms with E-state index in [9.17, 15) is 4.39 Å². The summed E-state index contributed by atoms with van der Waals surface area (Å²) in [6.07, 6.45) is 0. The summed E-state index contributed by atoms with van der Waals surface area (Å²) in [6, 6.07) is 13.7. The molecule has 2 heteroatoms. The van der Waals surface area contributed by atoms with Gasteiger partial charge in [-0.05, 0) is 56.5 Å². The summed E-state index contributed by atoms with van der Waals surface area (Å²) in [5.41, 5.74) is 4.98. The van der Waals surface area contributed by atoms with E-state index in [2.05, 4.69) is 51.2 Å². The fraction of sp³-hybridized carbons (Fsp3) is 0.333. The van der Waals surface area contributed by atoms with E-state index in [1.54, 1.807) is 0 Å². The van der Waals surface area contributed by atoms with Gasteiger partial charge in [0.05, 0.1) is 0 Å². The summed E-state index contributed by atoms with van der Waals surface area (Å²) in [5, 5.41) is 3.58. The minimum atomic E-state index is -0.191. The smallest absolute Gasteiger partial charge is 0.123 e. The van der Waals surface area contributed by atoms with Gasteiger partial charge in [-0.3, -0.25) is 0 Å². The third-order valence-electron chi connectivity index (χ3n) is 3.77. The molecule has 0 aliphatic carbocycles. The average Bonchev–Trinajstić information content (AvgIpc) is 2.42. The van der Waals surface area contributed by atoms with E-state index in [4.69, 9.17) is 0 Å². The summed E-state index contributed by atoms with van der Waals surface area (Å²) in [4.78, 5) is 0. The number of hydrogen-bond donors (Lipinski definition) is 1. The molecule has 1 nitrogen and oxygen atoms in total. The van der Waals surface area contributed by atoms with Gasteiger partial charge in [0.1, 0.15) is 5.82 Å². The third-order valence-corrected chi connectivity index (χ3v) is 3.77. The van der Waals surface area contributed by atoms with E-state index in [1.165, 1.54) is 28.8 Å². The van der Waals surface area contributed by atoms with Crippen LogP contribution < -0.4 is 5.32 Å². The first kappa shape index (κ1) is 14.7. The highest BCUT2D eigenvalue weighted by atomic mass is 19.1. The van der Waals surface area contributed by atoms with Crippen molar-refractivity contribution in [1.29, 1.82) is 0 Å². The van der Waals surface area contributed by atoms with Crippen LogP contribution in [0.3, 0.4) is 0 Å². The van der Waals surface area contributed by atoms with Crippen molar-refractivity contribution in [2.75, 3.05) is 0 Å². The second-order valence-electron chi connectivity index (χ2n) is 5.52. The van der Waals surface area contributed by atoms with Crippen LogP contribution in [0.15, 0.2) is 42.5 Å². The highest BCUT2D eigenvalue weighted by Gasteiger charge is 2.13. The molecular weight excluding hydrogens is 249 g/mol. The summed E-state index contributed by atoms with van der Waals surface area (Å²) in [6.45, 7) is 8.52. The van der Waals surface area contributed by atoms with E-state index in [0.29, 0.717) is 0 Å². The number of halogens is 1. The maximum absolute atomic E-state index is 13.0. The lowest BCUT2D eigenvalue weighted by Gasteiger charge is -2.22. The Morgan fingerprint density at radius 3 is 2.20 bits per heavy atom. The SMILES string of the molecule is Cc1ccc(C)c(C(C)N[C@H](C)c2ccc(F)cc2)c1. The molecule has 1 unspecified atom stereocenters. The molecule has 2 rings (SSSR count). The molecule has 20 heavy (non-hydrogen) atoms. The molecule has 0 radical (unpaired) electrons. The topological polar surface area (TPSA) is 12.0 Å². The van der Waals surface area contributed by atoms with Gasteiger partial charge in [0.2, 0.25) is 0 Å². The van der Waals surface area contributed by atoms with Gasteiger partial charge in [-0.25, -0.2) is 4.39 Å². The zero-order valence-electron chi connectivity index (χ0n) is 12.6. The molecule has 2 aromatic rings. The largest absolute Gasteiger partial charge is 0.304 e. The highest BCUT2D eigenvalue weighted by Crippen LogP contribution is 2.23. The van der Waals surface area contributed by atoms with Crippen molar-refractivity contribution in [1.82, 2.24) is 5.32 Å². The average molecular weight is 271 g/mol. The standard InChI is InChI=1S/C18H22FN/c1-12-5-6-13(2)18(11-12)15(4)20-14(3)16-7-9-17(19)10-8-16/h5-11,14-15,20H,1-4H3/t14-,15?/m1/s1. The molecule has 0 saturated carbocycles. The minimum absolute atomic E-state index is 0.186. The van der Waals surface area contributed by atoms with Crippen molar-refractivity contribution in [2.45, 2.75) is 39.8 Å². The van der Waals surface area contributed by atoms with Crippen LogP contribution in [-0.2, 0) is 0 Å². The first-order valence-corrected chi connectivity index (χ1v) is 7.06. The fourth-order valence-electron chi connectivity index (χ4n) is 2.54. The van der Waals surface area contributed by atoms with Crippen molar-refractivity contribution < 1.29 is 4.39 Å². The number of benzene rings is 2. The molecule has 0 aliphatic rings. The Morgan fingerprint density at radius 1 is 0.900 bits per heavy atom. The van der Waals surface area contributed by atoms with Gasteiger partial charge in [-0.15, -0.1) is 0 Å². The van der Waals surface area contributed by atoms with Crippen LogP contribution in [0.5, 0.6) is 0 Å². The fourth-order valence-corrected chi connectivity index (χ4v) is 2.54. The Balaban J connectivity index is 2.12. The zero-order valence-corrected chi connectivity index (χ0v) is 12.6. The van der Waals surface area contributed by atoms with Gasteiger partial charge in [-0.2, -0.15) is 0 Å². The molecule has 0 aromatic heterocycles. The van der Waals surface area contributed by atoms with E-state index >= 15 is 0 Å². The van der Waals surface area contributed by atoms with Crippen molar-refractivity contribution in [3.63, 3.8) is 0 Å². The molecule has 2 atom stereocenters. The van der Waals surface area contributed by atoms with Crippen LogP contribution in [0, 0.1) is 19.7 Å². The molecular formula is C18H22FN. The molecule has 2 aromatic carbocycles. The number of hydrogen-bond acceptors (Lipinski definition) is 1. The van der Waals surface area contributed by atoms with E-state index in [1.807, 2.05) is 12.1 Å². The van der Waals surface area contributed by atoms with Gasteiger partial charge in [0.25, 0.3) is 0 Å². The maximum Gasteiger partial charge on any atom is 0.123 e. The monoisotopic (exact) mass is 271 g/mol. The number of rotatable bonds is 4. The van der Waals surface area contributed by atoms with Crippen LogP contribution in [-0.4, -0.2) is 0 Å². The maximum atomic E-state index is 13.0. The quantitative estimate of drug-likeness (QED) is 0.837. The van der Waals surface area contributed by atoms with Crippen molar-refractivity contribution in [3.8, 4) is 0 Å². The Morgan fingerprint density at radius 2 is 1.55 bits per heavy atom. The first-order valence-electron chi connectivity index (χ1n) is 7.06. The first-order chi connectivity index (χ1) is 9.47. The van der Waals surface area contributed by atoms with Crippen molar-refractivity contribution >= 4 is 0 Å². The second kappa shape index (κ2) is 6.19. The van der Waals surface area contributed by atoms with Crippen LogP contribution >= 0.6 is 0 Å². The summed E-state index contributed by atoms with van der Waals surface area (Å²) in [5.74, 6) is -0.191. The van der Waals surface area contributed by atoms with Gasteiger partial charge in [-0.1, -0.05) is 35.9 Å². The molecule has 0 fully saturated rings. The Labute approximate surface area is 120 Å². The lowest BCUT2D eigenvalue weighted by atomic mass is 9.98. The van der Waals surface area contributed by atoms with Gasteiger partial charge in [0, 0.05) is 12.1 Å². The summed E-state index contributed by atoms with van der Waals surface area (Å²) in [7, 11) is 0. The van der Waals surface area contributed by atoms with Gasteiger partial charge < -0.3 is 5.32 Å². The minimum Gasteiger partial charge on any atom is -0.304 e. The molecule has 0 bridgehead atoms. The molecule has 0 spiro atoms. The van der Waals surface area contributed by atoms with E-state index in [0.717, 1.165) is 5.56 Å². The Hall–Kier alpha value is -1.67. The zero-order chi connectivity index (χ0) is 14.7. The number of aryl methyl sites for hydroxylation is 2. The van der Waals surface area contributed by atoms with Gasteiger partial charge >= 0.3 is 0 Å². The predicted octanol–water partition coefficient (Wildman–Crippen LogP) is 4.85. The third kappa shape index (κ3) is 3.45. The highest BCUT2D eigenvalue weighted by molar-refractivity contribution is 5.33. The molecule has 0 saturated heterocycles. The number of nitrogens with one attached hydrogen (secondary N) is 1. The predicted molar refractivity (Wildman–Crippen MR) is 82.3 cm³/mol. The Bertz CT molecular complexity index is 574. The summed E-state index contributed by atoms with van der Waals surface area (Å²) >= 11 is 0. The van der Waals surface area contributed by atoms with Crippen molar-refractivity contribution in [3.05, 3.63) is 70.5 Å². The molecule has 1 N–H and O–H groups in total. The molecule has 0 amide bonds. The van der Waals surface area contributed by atoms with Crippen LogP contribution in [0.2, 0.25) is 0 Å². The molecule has 106 valence electrons. The lowest BCUT2D eigenvalue weighted by Crippen LogP contribution is -2.23. The Kier molecular flexibility index (Phi) is 4.56. The molecule has 0 aliphatic heterocycles. The van der Waals surface area contributed by atoms with Crippen LogP contribution in [0.4, 0.5) is 4.39 Å². The van der Waals surface area contributed by atoms with Crippen LogP contribution in [0.25, 0.3) is 0 Å². The normalized spacial score (nSPS) is 14.1. The van der Waals surface area contributed by atoms with Crippen LogP contribution in [0.1, 0.15) is 48.2 Å². The lowest BCUT2D eigenvalue weighted by molar-refractivity contribution is 0.492.